The summed E-state index contributed by atoms with van der Waals surface area (Å²) in [6.07, 6.45) is 17.0. The summed E-state index contributed by atoms with van der Waals surface area (Å²) >= 11 is 0. The van der Waals surface area contributed by atoms with Gasteiger partial charge in [0.15, 0.2) is 0 Å². The Bertz CT molecular complexity index is 495. The predicted octanol–water partition coefficient (Wildman–Crippen LogP) is 7.91. The van der Waals surface area contributed by atoms with Crippen LogP contribution in [0.25, 0.3) is 0 Å². The van der Waals surface area contributed by atoms with Crippen molar-refractivity contribution in [3.05, 3.63) is 35.4 Å². The van der Waals surface area contributed by atoms with Crippen LogP contribution >= 0.6 is 0 Å². The summed E-state index contributed by atoms with van der Waals surface area (Å²) in [5.74, 6) is 2.84. The molecule has 2 saturated carbocycles. The van der Waals surface area contributed by atoms with Crippen LogP contribution in [0.2, 0.25) is 0 Å². The molecule has 2 aliphatic carbocycles. The van der Waals surface area contributed by atoms with Crippen LogP contribution in [0.4, 0.5) is 0 Å². The normalized spacial score (nSPS) is 33.3. The maximum Gasteiger partial charge on any atom is -0.0162 e. The molecule has 0 N–H and O–H groups in total. The molecule has 0 saturated heterocycles. The van der Waals surface area contributed by atoms with Gasteiger partial charge in [-0.2, -0.15) is 0 Å². The van der Waals surface area contributed by atoms with Gasteiger partial charge in [0.2, 0.25) is 0 Å². The summed E-state index contributed by atoms with van der Waals surface area (Å²) in [6, 6.07) is 9.76. The Kier molecular flexibility index (Phi) is 6.64. The second kappa shape index (κ2) is 8.74. The number of rotatable bonds is 6. The molecule has 3 rings (SSSR count). The van der Waals surface area contributed by atoms with Crippen LogP contribution in [0, 0.1) is 17.3 Å². The molecule has 0 aliphatic heterocycles. The van der Waals surface area contributed by atoms with Crippen LogP contribution in [-0.2, 0) is 6.42 Å². The molecule has 140 valence electrons. The van der Waals surface area contributed by atoms with E-state index in [1.54, 1.807) is 11.1 Å². The standard InChI is InChI=1S/C25H40/c1-4-20-6-8-21(9-7-20)10-11-22-12-14-23(15-13-22)24-16-18-25(3,5-2)19-17-24/h12-15,20-21,24H,4-11,16-19H2,1-3H3/t20-,21-,24?,25?. The second-order valence-electron chi connectivity index (χ2n) is 9.51. The summed E-state index contributed by atoms with van der Waals surface area (Å²) in [4.78, 5) is 0. The van der Waals surface area contributed by atoms with Crippen molar-refractivity contribution in [2.75, 3.05) is 0 Å². The van der Waals surface area contributed by atoms with Crippen molar-refractivity contribution >= 4 is 0 Å². The van der Waals surface area contributed by atoms with Gasteiger partial charge in [0.1, 0.15) is 0 Å². The Morgan fingerprint density at radius 3 is 2.00 bits per heavy atom. The van der Waals surface area contributed by atoms with E-state index in [1.165, 1.54) is 77.0 Å². The molecule has 0 amide bonds. The first-order valence-corrected chi connectivity index (χ1v) is 11.2. The van der Waals surface area contributed by atoms with E-state index in [1.807, 2.05) is 0 Å². The van der Waals surface area contributed by atoms with Crippen molar-refractivity contribution in [2.24, 2.45) is 17.3 Å². The number of hydrogen-bond acceptors (Lipinski definition) is 0. The van der Waals surface area contributed by atoms with Crippen LogP contribution in [0.1, 0.15) is 108 Å². The lowest BCUT2D eigenvalue weighted by molar-refractivity contribution is 0.191. The minimum atomic E-state index is 0.618. The molecule has 0 radical (unpaired) electrons. The van der Waals surface area contributed by atoms with Gasteiger partial charge in [-0.15, -0.1) is 0 Å². The van der Waals surface area contributed by atoms with E-state index in [4.69, 9.17) is 0 Å². The molecule has 25 heavy (non-hydrogen) atoms. The zero-order valence-corrected chi connectivity index (χ0v) is 17.0. The predicted molar refractivity (Wildman–Crippen MR) is 110 cm³/mol. The maximum absolute atomic E-state index is 2.49. The highest BCUT2D eigenvalue weighted by Crippen LogP contribution is 2.44. The van der Waals surface area contributed by atoms with E-state index in [-0.39, 0.29) is 0 Å². The quantitative estimate of drug-likeness (QED) is 0.493. The van der Waals surface area contributed by atoms with Gasteiger partial charge in [0.05, 0.1) is 0 Å². The average Bonchev–Trinajstić information content (AvgIpc) is 2.68. The molecule has 2 fully saturated rings. The van der Waals surface area contributed by atoms with Crippen molar-refractivity contribution in [1.29, 1.82) is 0 Å². The fraction of sp³-hybridized carbons (Fsp3) is 0.760. The van der Waals surface area contributed by atoms with E-state index in [2.05, 4.69) is 45.0 Å². The van der Waals surface area contributed by atoms with Gasteiger partial charge in [-0.25, -0.2) is 0 Å². The van der Waals surface area contributed by atoms with Gasteiger partial charge in [0, 0.05) is 0 Å². The Balaban J connectivity index is 1.45. The molecule has 0 heterocycles. The molecule has 0 heteroatoms. The van der Waals surface area contributed by atoms with Crippen molar-refractivity contribution in [2.45, 2.75) is 104 Å². The first-order valence-electron chi connectivity index (χ1n) is 11.2. The fourth-order valence-corrected chi connectivity index (χ4v) is 5.26. The smallest absolute Gasteiger partial charge is 0.0162 e. The highest BCUT2D eigenvalue weighted by Gasteiger charge is 2.29. The van der Waals surface area contributed by atoms with Crippen LogP contribution < -0.4 is 0 Å². The zero-order valence-electron chi connectivity index (χ0n) is 17.0. The zero-order chi connectivity index (χ0) is 17.7. The van der Waals surface area contributed by atoms with Gasteiger partial charge in [-0.1, -0.05) is 83.6 Å². The third-order valence-corrected chi connectivity index (χ3v) is 7.88. The molecule has 1 aromatic rings. The van der Waals surface area contributed by atoms with E-state index < -0.39 is 0 Å². The number of benzene rings is 1. The number of hydrogen-bond donors (Lipinski definition) is 0. The third-order valence-electron chi connectivity index (χ3n) is 7.88. The Morgan fingerprint density at radius 2 is 1.44 bits per heavy atom. The first kappa shape index (κ1) is 19.0. The summed E-state index contributed by atoms with van der Waals surface area (Å²) in [7, 11) is 0. The SMILES string of the molecule is CCC1(C)CCC(c2ccc(CC[C@H]3CC[C@H](CC)CC3)cc2)CC1. The first-order chi connectivity index (χ1) is 12.1. The lowest BCUT2D eigenvalue weighted by Gasteiger charge is -2.37. The van der Waals surface area contributed by atoms with Gasteiger partial charge >= 0.3 is 0 Å². The molecule has 0 bridgehead atoms. The van der Waals surface area contributed by atoms with Crippen LogP contribution in [-0.4, -0.2) is 0 Å². The lowest BCUT2D eigenvalue weighted by Crippen LogP contribution is -2.22. The Labute approximate surface area is 156 Å². The molecule has 2 aliphatic rings. The van der Waals surface area contributed by atoms with E-state index in [9.17, 15) is 0 Å². The topological polar surface area (TPSA) is 0 Å². The van der Waals surface area contributed by atoms with Crippen LogP contribution in [0.3, 0.4) is 0 Å². The summed E-state index contributed by atoms with van der Waals surface area (Å²) < 4.78 is 0. The van der Waals surface area contributed by atoms with Gasteiger partial charge in [0.25, 0.3) is 0 Å². The number of aryl methyl sites for hydroxylation is 1. The van der Waals surface area contributed by atoms with E-state index in [0.29, 0.717) is 5.41 Å². The molecule has 0 atom stereocenters. The van der Waals surface area contributed by atoms with Crippen molar-refractivity contribution in [1.82, 2.24) is 0 Å². The average molecular weight is 341 g/mol. The summed E-state index contributed by atoms with van der Waals surface area (Å²) in [5, 5.41) is 0. The van der Waals surface area contributed by atoms with Crippen molar-refractivity contribution < 1.29 is 0 Å². The maximum atomic E-state index is 2.49. The van der Waals surface area contributed by atoms with Gasteiger partial charge in [-0.05, 0) is 72.8 Å². The highest BCUT2D eigenvalue weighted by atomic mass is 14.3. The summed E-state index contributed by atoms with van der Waals surface area (Å²) in [5.41, 5.74) is 3.79. The minimum Gasteiger partial charge on any atom is -0.0651 e. The fourth-order valence-electron chi connectivity index (χ4n) is 5.26. The van der Waals surface area contributed by atoms with Crippen molar-refractivity contribution in [3.8, 4) is 0 Å². The second-order valence-corrected chi connectivity index (χ2v) is 9.51. The van der Waals surface area contributed by atoms with Crippen LogP contribution in [0.15, 0.2) is 24.3 Å². The Hall–Kier alpha value is -0.780. The van der Waals surface area contributed by atoms with Gasteiger partial charge < -0.3 is 0 Å². The molecule has 0 spiro atoms. The van der Waals surface area contributed by atoms with Crippen LogP contribution in [0.5, 0.6) is 0 Å². The minimum absolute atomic E-state index is 0.618. The highest BCUT2D eigenvalue weighted by molar-refractivity contribution is 5.26. The monoisotopic (exact) mass is 340 g/mol. The largest absolute Gasteiger partial charge is 0.0651 e. The van der Waals surface area contributed by atoms with E-state index >= 15 is 0 Å². The molecule has 0 nitrogen and oxygen atoms in total. The third kappa shape index (κ3) is 5.11. The van der Waals surface area contributed by atoms with Gasteiger partial charge in [-0.3, -0.25) is 0 Å². The van der Waals surface area contributed by atoms with E-state index in [0.717, 1.165) is 17.8 Å². The lowest BCUT2D eigenvalue weighted by atomic mass is 9.69. The molecule has 0 unspecified atom stereocenters. The Morgan fingerprint density at radius 1 is 0.840 bits per heavy atom. The molecule has 0 aromatic heterocycles. The van der Waals surface area contributed by atoms with Crippen molar-refractivity contribution in [3.63, 3.8) is 0 Å². The molecule has 1 aromatic carbocycles. The molecular weight excluding hydrogens is 300 g/mol. The summed E-state index contributed by atoms with van der Waals surface area (Å²) in [6.45, 7) is 7.21. The molecular formula is C25H40.